The fourth-order valence-electron chi connectivity index (χ4n) is 2.91. The first-order valence-corrected chi connectivity index (χ1v) is 8.98. The Morgan fingerprint density at radius 3 is 2.30 bits per heavy atom. The molecular formula is C18H29ClN2O2. The van der Waals surface area contributed by atoms with E-state index >= 15 is 0 Å². The number of aliphatic hydroxyl groups is 1. The molecule has 1 heterocycles. The van der Waals surface area contributed by atoms with Crippen molar-refractivity contribution in [2.24, 2.45) is 0 Å². The highest BCUT2D eigenvalue weighted by Crippen LogP contribution is 2.23. The lowest BCUT2D eigenvalue weighted by atomic mass is 9.96. The SMILES string of the molecule is CCC(O)(CC)CN1CCN(CCOc2ccccc2Cl)CC1. The van der Waals surface area contributed by atoms with Gasteiger partial charge in [0.1, 0.15) is 12.4 Å². The lowest BCUT2D eigenvalue weighted by Crippen LogP contribution is -2.52. The van der Waals surface area contributed by atoms with Crippen LogP contribution in [0, 0.1) is 0 Å². The Kier molecular flexibility index (Phi) is 7.15. The van der Waals surface area contributed by atoms with Crippen molar-refractivity contribution < 1.29 is 9.84 Å². The van der Waals surface area contributed by atoms with Gasteiger partial charge in [0, 0.05) is 39.3 Å². The van der Waals surface area contributed by atoms with Gasteiger partial charge in [0.15, 0.2) is 0 Å². The molecule has 1 aromatic carbocycles. The molecule has 4 nitrogen and oxygen atoms in total. The average Bonchev–Trinajstić information content (AvgIpc) is 2.58. The average molecular weight is 341 g/mol. The van der Waals surface area contributed by atoms with Crippen molar-refractivity contribution in [1.29, 1.82) is 0 Å². The lowest BCUT2D eigenvalue weighted by Gasteiger charge is -2.39. The number of halogens is 1. The summed E-state index contributed by atoms with van der Waals surface area (Å²) in [6.07, 6.45) is 1.63. The standard InChI is InChI=1S/C18H29ClN2O2/c1-3-18(22,4-2)15-21-11-9-20(10-12-21)13-14-23-17-8-6-5-7-16(17)19/h5-8,22H,3-4,9-15H2,1-2H3. The van der Waals surface area contributed by atoms with Gasteiger partial charge in [0.2, 0.25) is 0 Å². The summed E-state index contributed by atoms with van der Waals surface area (Å²) in [5, 5.41) is 11.1. The molecule has 1 fully saturated rings. The summed E-state index contributed by atoms with van der Waals surface area (Å²) < 4.78 is 5.75. The van der Waals surface area contributed by atoms with E-state index < -0.39 is 5.60 Å². The van der Waals surface area contributed by atoms with Gasteiger partial charge in [-0.15, -0.1) is 0 Å². The predicted octanol–water partition coefficient (Wildman–Crippen LogP) is 2.89. The Hall–Kier alpha value is -0.810. The number of benzene rings is 1. The normalized spacial score (nSPS) is 17.4. The van der Waals surface area contributed by atoms with E-state index in [1.165, 1.54) is 0 Å². The van der Waals surface area contributed by atoms with Crippen LogP contribution in [0.1, 0.15) is 26.7 Å². The van der Waals surface area contributed by atoms with Crippen LogP contribution in [-0.4, -0.2) is 66.4 Å². The predicted molar refractivity (Wildman–Crippen MR) is 95.4 cm³/mol. The molecule has 0 amide bonds. The molecule has 0 atom stereocenters. The molecule has 0 spiro atoms. The second-order valence-corrected chi connectivity index (χ2v) is 6.74. The lowest BCUT2D eigenvalue weighted by molar-refractivity contribution is -0.0162. The minimum Gasteiger partial charge on any atom is -0.491 e. The van der Waals surface area contributed by atoms with Crippen molar-refractivity contribution in [3.8, 4) is 5.75 Å². The van der Waals surface area contributed by atoms with Gasteiger partial charge in [0.25, 0.3) is 0 Å². The first-order chi connectivity index (χ1) is 11.1. The zero-order chi connectivity index (χ0) is 16.7. The van der Waals surface area contributed by atoms with Crippen molar-refractivity contribution in [2.75, 3.05) is 45.9 Å². The summed E-state index contributed by atoms with van der Waals surface area (Å²) in [4.78, 5) is 4.78. The topological polar surface area (TPSA) is 35.9 Å². The molecule has 130 valence electrons. The maximum atomic E-state index is 10.5. The van der Waals surface area contributed by atoms with Crippen molar-refractivity contribution in [2.45, 2.75) is 32.3 Å². The highest BCUT2D eigenvalue weighted by atomic mass is 35.5. The van der Waals surface area contributed by atoms with Crippen LogP contribution in [-0.2, 0) is 0 Å². The smallest absolute Gasteiger partial charge is 0.137 e. The minimum absolute atomic E-state index is 0.532. The Balaban J connectivity index is 1.68. The Morgan fingerprint density at radius 1 is 1.09 bits per heavy atom. The number of ether oxygens (including phenoxy) is 1. The Bertz CT molecular complexity index is 472. The van der Waals surface area contributed by atoms with E-state index in [4.69, 9.17) is 16.3 Å². The van der Waals surface area contributed by atoms with Crippen molar-refractivity contribution in [1.82, 2.24) is 9.80 Å². The summed E-state index contributed by atoms with van der Waals surface area (Å²) >= 11 is 6.08. The number of para-hydroxylation sites is 1. The van der Waals surface area contributed by atoms with E-state index in [2.05, 4.69) is 23.6 Å². The molecule has 1 N–H and O–H groups in total. The first-order valence-electron chi connectivity index (χ1n) is 8.60. The molecule has 1 aliphatic heterocycles. The van der Waals surface area contributed by atoms with E-state index in [9.17, 15) is 5.11 Å². The fraction of sp³-hybridized carbons (Fsp3) is 0.667. The second-order valence-electron chi connectivity index (χ2n) is 6.33. The van der Waals surface area contributed by atoms with Crippen molar-refractivity contribution in [3.05, 3.63) is 29.3 Å². The molecule has 1 aliphatic rings. The van der Waals surface area contributed by atoms with E-state index in [1.807, 2.05) is 24.3 Å². The number of hydrogen-bond donors (Lipinski definition) is 1. The molecular weight excluding hydrogens is 312 g/mol. The third-order valence-corrected chi connectivity index (χ3v) is 5.11. The molecule has 2 rings (SSSR count). The summed E-state index contributed by atoms with van der Waals surface area (Å²) in [5.41, 5.74) is -0.532. The molecule has 0 saturated carbocycles. The number of hydrogen-bond acceptors (Lipinski definition) is 4. The van der Waals surface area contributed by atoms with Gasteiger partial charge in [-0.2, -0.15) is 0 Å². The third kappa shape index (κ3) is 5.64. The minimum atomic E-state index is -0.532. The number of β-amino-alcohol motifs (C(OH)–C–C–N with tert-alkyl or cyclic N) is 1. The van der Waals surface area contributed by atoms with Crippen LogP contribution < -0.4 is 4.74 Å². The molecule has 1 saturated heterocycles. The van der Waals surface area contributed by atoms with Gasteiger partial charge in [-0.3, -0.25) is 9.80 Å². The van der Waals surface area contributed by atoms with Gasteiger partial charge in [-0.1, -0.05) is 37.6 Å². The number of piperazine rings is 1. The molecule has 0 aliphatic carbocycles. The van der Waals surface area contributed by atoms with Crippen LogP contribution in [0.15, 0.2) is 24.3 Å². The summed E-state index contributed by atoms with van der Waals surface area (Å²) in [5.74, 6) is 0.753. The second kappa shape index (κ2) is 8.88. The van der Waals surface area contributed by atoms with Crippen LogP contribution in [0.2, 0.25) is 5.02 Å². The molecule has 0 bridgehead atoms. The van der Waals surface area contributed by atoms with Crippen LogP contribution in [0.4, 0.5) is 0 Å². The molecule has 0 aromatic heterocycles. The van der Waals surface area contributed by atoms with Gasteiger partial charge < -0.3 is 9.84 Å². The van der Waals surface area contributed by atoms with E-state index in [0.717, 1.165) is 57.9 Å². The quantitative estimate of drug-likeness (QED) is 0.789. The van der Waals surface area contributed by atoms with E-state index in [1.54, 1.807) is 0 Å². The number of rotatable bonds is 8. The van der Waals surface area contributed by atoms with Gasteiger partial charge >= 0.3 is 0 Å². The first kappa shape index (κ1) is 18.5. The van der Waals surface area contributed by atoms with E-state index in [-0.39, 0.29) is 0 Å². The number of nitrogens with zero attached hydrogens (tertiary/aromatic N) is 2. The summed E-state index contributed by atoms with van der Waals surface area (Å²) in [7, 11) is 0. The Morgan fingerprint density at radius 2 is 1.70 bits per heavy atom. The highest BCUT2D eigenvalue weighted by molar-refractivity contribution is 6.32. The largest absolute Gasteiger partial charge is 0.491 e. The zero-order valence-electron chi connectivity index (χ0n) is 14.3. The van der Waals surface area contributed by atoms with Gasteiger partial charge in [0.05, 0.1) is 10.6 Å². The molecule has 1 aromatic rings. The third-order valence-electron chi connectivity index (χ3n) is 4.80. The van der Waals surface area contributed by atoms with Gasteiger partial charge in [-0.25, -0.2) is 0 Å². The molecule has 0 unspecified atom stereocenters. The summed E-state index contributed by atoms with van der Waals surface area (Å²) in [6, 6.07) is 7.58. The van der Waals surface area contributed by atoms with Crippen LogP contribution >= 0.6 is 11.6 Å². The van der Waals surface area contributed by atoms with Gasteiger partial charge in [-0.05, 0) is 25.0 Å². The van der Waals surface area contributed by atoms with Crippen molar-refractivity contribution >= 4 is 11.6 Å². The van der Waals surface area contributed by atoms with Crippen LogP contribution in [0.25, 0.3) is 0 Å². The van der Waals surface area contributed by atoms with Crippen molar-refractivity contribution in [3.63, 3.8) is 0 Å². The zero-order valence-corrected chi connectivity index (χ0v) is 15.1. The van der Waals surface area contributed by atoms with Crippen LogP contribution in [0.3, 0.4) is 0 Å². The molecule has 23 heavy (non-hydrogen) atoms. The Labute approximate surface area is 145 Å². The monoisotopic (exact) mass is 340 g/mol. The maximum Gasteiger partial charge on any atom is 0.137 e. The molecule has 0 radical (unpaired) electrons. The maximum absolute atomic E-state index is 10.5. The van der Waals surface area contributed by atoms with Crippen LogP contribution in [0.5, 0.6) is 5.75 Å². The van der Waals surface area contributed by atoms with E-state index in [0.29, 0.717) is 11.6 Å². The summed E-state index contributed by atoms with van der Waals surface area (Å²) in [6.45, 7) is 10.5. The fourth-order valence-corrected chi connectivity index (χ4v) is 3.10. The highest BCUT2D eigenvalue weighted by Gasteiger charge is 2.27. The molecule has 5 heteroatoms.